The number of likely N-dealkylation sites (tertiary alicyclic amines) is 1. The lowest BCUT2D eigenvalue weighted by molar-refractivity contribution is 0.274. The maximum atomic E-state index is 4.36. The molecule has 1 unspecified atom stereocenters. The Morgan fingerprint density at radius 3 is 2.95 bits per heavy atom. The smallest absolute Gasteiger partial charge is 0.163 e. The molecule has 0 aromatic carbocycles. The van der Waals surface area contributed by atoms with E-state index < -0.39 is 0 Å². The highest BCUT2D eigenvalue weighted by Gasteiger charge is 2.24. The van der Waals surface area contributed by atoms with E-state index in [2.05, 4.69) is 39.1 Å². The Balaban J connectivity index is 1.79. The van der Waals surface area contributed by atoms with Crippen LogP contribution in [0.2, 0.25) is 0 Å². The van der Waals surface area contributed by atoms with Crippen LogP contribution in [0.25, 0.3) is 11.0 Å². The summed E-state index contributed by atoms with van der Waals surface area (Å²) in [6.45, 7) is 6.71. The topological polar surface area (TPSA) is 58.9 Å². The highest BCUT2D eigenvalue weighted by molar-refractivity contribution is 5.86. The van der Waals surface area contributed by atoms with Crippen molar-refractivity contribution in [3.05, 3.63) is 12.5 Å². The van der Waals surface area contributed by atoms with E-state index in [-0.39, 0.29) is 0 Å². The Labute approximate surface area is 112 Å². The van der Waals surface area contributed by atoms with Crippen molar-refractivity contribution in [2.45, 2.75) is 32.4 Å². The Kier molecular flexibility index (Phi) is 3.10. The molecule has 1 N–H and O–H groups in total. The predicted molar refractivity (Wildman–Crippen MR) is 75.0 cm³/mol. The lowest BCUT2D eigenvalue weighted by Gasteiger charge is -2.20. The van der Waals surface area contributed by atoms with Crippen LogP contribution in [-0.4, -0.2) is 49.8 Å². The van der Waals surface area contributed by atoms with E-state index in [0.29, 0.717) is 12.1 Å². The second-order valence-corrected chi connectivity index (χ2v) is 5.45. The first-order valence-electron chi connectivity index (χ1n) is 6.78. The quantitative estimate of drug-likeness (QED) is 0.900. The zero-order valence-electron chi connectivity index (χ0n) is 11.7. The van der Waals surface area contributed by atoms with Crippen LogP contribution in [0.4, 0.5) is 5.82 Å². The summed E-state index contributed by atoms with van der Waals surface area (Å²) < 4.78 is 1.78. The Morgan fingerprint density at radius 2 is 2.21 bits per heavy atom. The number of anilines is 1. The molecule has 1 aliphatic rings. The fourth-order valence-electron chi connectivity index (χ4n) is 2.64. The van der Waals surface area contributed by atoms with Gasteiger partial charge in [-0.25, -0.2) is 9.97 Å². The Hall–Kier alpha value is -1.69. The fraction of sp³-hybridized carbons (Fsp3) is 0.615. The molecule has 3 rings (SSSR count). The number of rotatable bonds is 3. The molecule has 0 amide bonds. The number of hydrogen-bond acceptors (Lipinski definition) is 5. The van der Waals surface area contributed by atoms with E-state index in [9.17, 15) is 0 Å². The molecule has 1 atom stereocenters. The van der Waals surface area contributed by atoms with Crippen LogP contribution in [0.5, 0.6) is 0 Å². The van der Waals surface area contributed by atoms with Crippen molar-refractivity contribution in [2.75, 3.05) is 18.4 Å². The molecular formula is C13H20N6. The van der Waals surface area contributed by atoms with E-state index >= 15 is 0 Å². The molecule has 0 radical (unpaired) electrons. The van der Waals surface area contributed by atoms with Crippen molar-refractivity contribution >= 4 is 16.9 Å². The predicted octanol–water partition coefficient (Wildman–Crippen LogP) is 1.26. The molecule has 0 bridgehead atoms. The van der Waals surface area contributed by atoms with Crippen LogP contribution in [0, 0.1) is 0 Å². The standard InChI is InChI=1S/C13H20N6/c1-9(2)19-5-4-10(7-19)17-12-11-6-16-18(3)13(11)15-8-14-12/h6,8-10H,4-5,7H2,1-3H3,(H,14,15,17). The third kappa shape index (κ3) is 2.28. The van der Waals surface area contributed by atoms with Gasteiger partial charge in [-0.3, -0.25) is 9.58 Å². The van der Waals surface area contributed by atoms with Gasteiger partial charge in [0.25, 0.3) is 0 Å². The minimum atomic E-state index is 0.459. The highest BCUT2D eigenvalue weighted by Crippen LogP contribution is 2.21. The van der Waals surface area contributed by atoms with Crippen molar-refractivity contribution in [2.24, 2.45) is 7.05 Å². The molecule has 0 spiro atoms. The summed E-state index contributed by atoms with van der Waals surface area (Å²) in [5.41, 5.74) is 0.871. The van der Waals surface area contributed by atoms with Gasteiger partial charge in [0.15, 0.2) is 5.65 Å². The third-order valence-electron chi connectivity index (χ3n) is 3.82. The van der Waals surface area contributed by atoms with Crippen molar-refractivity contribution in [1.29, 1.82) is 0 Å². The van der Waals surface area contributed by atoms with Crippen LogP contribution in [0.1, 0.15) is 20.3 Å². The first kappa shape index (κ1) is 12.3. The second-order valence-electron chi connectivity index (χ2n) is 5.45. The Morgan fingerprint density at radius 1 is 1.37 bits per heavy atom. The normalized spacial score (nSPS) is 20.5. The summed E-state index contributed by atoms with van der Waals surface area (Å²) in [5, 5.41) is 8.77. The average molecular weight is 260 g/mol. The summed E-state index contributed by atoms with van der Waals surface area (Å²) in [7, 11) is 1.90. The average Bonchev–Trinajstić information content (AvgIpc) is 2.98. The minimum Gasteiger partial charge on any atom is -0.365 e. The lowest BCUT2D eigenvalue weighted by Crippen LogP contribution is -2.31. The van der Waals surface area contributed by atoms with E-state index in [4.69, 9.17) is 0 Å². The number of aromatic nitrogens is 4. The number of nitrogens with one attached hydrogen (secondary N) is 1. The minimum absolute atomic E-state index is 0.459. The molecule has 6 heteroatoms. The Bertz CT molecular complexity index is 576. The largest absolute Gasteiger partial charge is 0.365 e. The van der Waals surface area contributed by atoms with E-state index in [1.54, 1.807) is 11.0 Å². The van der Waals surface area contributed by atoms with Crippen LogP contribution in [0.15, 0.2) is 12.5 Å². The third-order valence-corrected chi connectivity index (χ3v) is 3.82. The van der Waals surface area contributed by atoms with Crippen LogP contribution < -0.4 is 5.32 Å². The van der Waals surface area contributed by atoms with E-state index in [1.165, 1.54) is 0 Å². The van der Waals surface area contributed by atoms with Crippen LogP contribution in [-0.2, 0) is 7.05 Å². The lowest BCUT2D eigenvalue weighted by atomic mass is 10.2. The zero-order chi connectivity index (χ0) is 13.4. The highest BCUT2D eigenvalue weighted by atomic mass is 15.3. The number of nitrogens with zero attached hydrogens (tertiary/aromatic N) is 5. The maximum Gasteiger partial charge on any atom is 0.163 e. The van der Waals surface area contributed by atoms with Gasteiger partial charge in [-0.1, -0.05) is 0 Å². The van der Waals surface area contributed by atoms with Gasteiger partial charge in [-0.05, 0) is 20.3 Å². The van der Waals surface area contributed by atoms with Crippen molar-refractivity contribution < 1.29 is 0 Å². The van der Waals surface area contributed by atoms with E-state index in [0.717, 1.165) is 36.4 Å². The maximum absolute atomic E-state index is 4.36. The summed E-state index contributed by atoms with van der Waals surface area (Å²) in [6, 6.07) is 1.07. The molecular weight excluding hydrogens is 240 g/mol. The van der Waals surface area contributed by atoms with Gasteiger partial charge in [0.2, 0.25) is 0 Å². The molecule has 19 heavy (non-hydrogen) atoms. The summed E-state index contributed by atoms with van der Waals surface area (Å²) >= 11 is 0. The van der Waals surface area contributed by atoms with Gasteiger partial charge in [0.1, 0.15) is 12.1 Å². The van der Waals surface area contributed by atoms with Gasteiger partial charge in [-0.15, -0.1) is 0 Å². The van der Waals surface area contributed by atoms with Crippen molar-refractivity contribution in [3.63, 3.8) is 0 Å². The first-order valence-corrected chi connectivity index (χ1v) is 6.78. The summed E-state index contributed by atoms with van der Waals surface area (Å²) in [4.78, 5) is 11.1. The summed E-state index contributed by atoms with van der Waals surface area (Å²) in [5.74, 6) is 0.897. The SMILES string of the molecule is CC(C)N1CCC(Nc2ncnc3c2cnn3C)C1. The fourth-order valence-corrected chi connectivity index (χ4v) is 2.64. The number of fused-ring (bicyclic) bond motifs is 1. The molecule has 1 aliphatic heterocycles. The molecule has 1 fully saturated rings. The van der Waals surface area contributed by atoms with Gasteiger partial charge >= 0.3 is 0 Å². The van der Waals surface area contributed by atoms with Gasteiger partial charge in [0, 0.05) is 32.2 Å². The molecule has 2 aromatic rings. The second kappa shape index (κ2) is 4.77. The molecule has 3 heterocycles. The van der Waals surface area contributed by atoms with Gasteiger partial charge in [-0.2, -0.15) is 5.10 Å². The van der Waals surface area contributed by atoms with Crippen LogP contribution >= 0.6 is 0 Å². The monoisotopic (exact) mass is 260 g/mol. The number of hydrogen-bond donors (Lipinski definition) is 1. The first-order chi connectivity index (χ1) is 9.15. The number of aryl methyl sites for hydroxylation is 1. The van der Waals surface area contributed by atoms with Gasteiger partial charge < -0.3 is 5.32 Å². The summed E-state index contributed by atoms with van der Waals surface area (Å²) in [6.07, 6.45) is 4.58. The van der Waals surface area contributed by atoms with E-state index in [1.807, 2.05) is 13.2 Å². The molecule has 0 aliphatic carbocycles. The molecule has 6 nitrogen and oxygen atoms in total. The molecule has 2 aromatic heterocycles. The van der Waals surface area contributed by atoms with Crippen molar-refractivity contribution in [3.8, 4) is 0 Å². The molecule has 102 valence electrons. The van der Waals surface area contributed by atoms with Gasteiger partial charge in [0.05, 0.1) is 11.6 Å². The van der Waals surface area contributed by atoms with Crippen LogP contribution in [0.3, 0.4) is 0 Å². The molecule has 0 saturated carbocycles. The molecule has 1 saturated heterocycles. The van der Waals surface area contributed by atoms with Crippen molar-refractivity contribution in [1.82, 2.24) is 24.6 Å². The zero-order valence-corrected chi connectivity index (χ0v) is 11.7.